The van der Waals surface area contributed by atoms with Crippen LogP contribution in [0.4, 0.5) is 5.69 Å². The van der Waals surface area contributed by atoms with E-state index in [0.717, 1.165) is 11.1 Å². The largest absolute Gasteiger partial charge is 0.481 e. The van der Waals surface area contributed by atoms with Crippen LogP contribution in [-0.4, -0.2) is 18.5 Å². The van der Waals surface area contributed by atoms with Crippen LogP contribution in [-0.2, 0) is 9.59 Å². The molecule has 0 aromatic heterocycles. The predicted octanol–water partition coefficient (Wildman–Crippen LogP) is 2.94. The minimum atomic E-state index is -0.481. The van der Waals surface area contributed by atoms with Gasteiger partial charge in [0.25, 0.3) is 5.91 Å². The van der Waals surface area contributed by atoms with Crippen LogP contribution in [0.1, 0.15) is 11.1 Å². The van der Waals surface area contributed by atoms with Gasteiger partial charge in [0.15, 0.2) is 6.61 Å². The zero-order valence-electron chi connectivity index (χ0n) is 12.5. The number of fused-ring (bicyclic) bond motifs is 1. The Labute approximate surface area is 133 Å². The molecule has 2 aromatic carbocycles. The average molecular weight is 309 g/mol. The summed E-state index contributed by atoms with van der Waals surface area (Å²) in [5.41, 5.74) is 2.64. The molecule has 0 bridgehead atoms. The number of esters is 1. The lowest BCUT2D eigenvalue weighted by molar-refractivity contribution is -0.129. The van der Waals surface area contributed by atoms with Crippen molar-refractivity contribution in [1.82, 2.24) is 0 Å². The third-order valence-corrected chi connectivity index (χ3v) is 3.29. The van der Waals surface area contributed by atoms with Crippen molar-refractivity contribution >= 4 is 23.6 Å². The summed E-state index contributed by atoms with van der Waals surface area (Å²) in [6.45, 7) is 1.96. The highest BCUT2D eigenvalue weighted by Gasteiger charge is 2.16. The Morgan fingerprint density at radius 1 is 1.22 bits per heavy atom. The number of nitrogens with one attached hydrogen (secondary N) is 1. The molecule has 0 fully saturated rings. The Kier molecular flexibility index (Phi) is 4.10. The summed E-state index contributed by atoms with van der Waals surface area (Å²) in [7, 11) is 0. The van der Waals surface area contributed by atoms with E-state index in [-0.39, 0.29) is 12.5 Å². The van der Waals surface area contributed by atoms with E-state index < -0.39 is 5.97 Å². The fourth-order valence-electron chi connectivity index (χ4n) is 2.11. The topological polar surface area (TPSA) is 64.6 Å². The zero-order chi connectivity index (χ0) is 16.2. The van der Waals surface area contributed by atoms with E-state index in [9.17, 15) is 9.59 Å². The molecule has 5 heteroatoms. The lowest BCUT2D eigenvalue weighted by Crippen LogP contribution is -2.25. The maximum Gasteiger partial charge on any atom is 0.336 e. The van der Waals surface area contributed by atoms with Crippen molar-refractivity contribution < 1.29 is 19.1 Å². The maximum absolute atomic E-state index is 11.9. The minimum Gasteiger partial charge on any atom is -0.481 e. The van der Waals surface area contributed by atoms with Crippen molar-refractivity contribution in [3.63, 3.8) is 0 Å². The van der Waals surface area contributed by atoms with Crippen LogP contribution in [0.2, 0.25) is 0 Å². The molecule has 0 unspecified atom stereocenters. The highest BCUT2D eigenvalue weighted by molar-refractivity contribution is 5.95. The molecule has 5 nitrogen and oxygen atoms in total. The normalized spacial score (nSPS) is 13.2. The van der Waals surface area contributed by atoms with Gasteiger partial charge in [-0.3, -0.25) is 4.79 Å². The monoisotopic (exact) mass is 309 g/mol. The zero-order valence-corrected chi connectivity index (χ0v) is 12.5. The third kappa shape index (κ3) is 3.77. The molecule has 0 saturated heterocycles. The third-order valence-electron chi connectivity index (χ3n) is 3.29. The van der Waals surface area contributed by atoms with E-state index in [1.165, 1.54) is 6.08 Å². The molecule has 1 amide bonds. The van der Waals surface area contributed by atoms with Gasteiger partial charge in [-0.15, -0.1) is 0 Å². The Bertz CT molecular complexity index is 778. The van der Waals surface area contributed by atoms with E-state index in [1.54, 1.807) is 24.3 Å². The standard InChI is InChI=1S/C18H15NO4/c1-12-2-4-13(5-3-12)6-9-18(21)23-14-7-8-15-16(10-14)22-11-17(20)19-15/h2-10H,11H2,1H3,(H,19,20)/b9-6+. The Balaban J connectivity index is 1.66. The summed E-state index contributed by atoms with van der Waals surface area (Å²) in [5.74, 6) is 0.157. The second-order valence-electron chi connectivity index (χ2n) is 5.16. The van der Waals surface area contributed by atoms with Gasteiger partial charge >= 0.3 is 5.97 Å². The minimum absolute atomic E-state index is 0.0439. The first-order chi connectivity index (χ1) is 11.1. The summed E-state index contributed by atoms with van der Waals surface area (Å²) in [6, 6.07) is 12.6. The van der Waals surface area contributed by atoms with E-state index in [2.05, 4.69) is 5.32 Å². The number of carbonyl (C=O) groups excluding carboxylic acids is 2. The van der Waals surface area contributed by atoms with Crippen molar-refractivity contribution in [2.75, 3.05) is 11.9 Å². The first-order valence-electron chi connectivity index (χ1n) is 7.13. The first kappa shape index (κ1) is 14.8. The molecule has 1 heterocycles. The van der Waals surface area contributed by atoms with Gasteiger partial charge in [-0.2, -0.15) is 0 Å². The van der Waals surface area contributed by atoms with Crippen molar-refractivity contribution in [2.24, 2.45) is 0 Å². The molecule has 116 valence electrons. The quantitative estimate of drug-likeness (QED) is 0.538. The van der Waals surface area contributed by atoms with E-state index in [4.69, 9.17) is 9.47 Å². The Morgan fingerprint density at radius 3 is 2.78 bits per heavy atom. The number of anilines is 1. The first-order valence-corrected chi connectivity index (χ1v) is 7.13. The molecule has 0 radical (unpaired) electrons. The number of hydrogen-bond donors (Lipinski definition) is 1. The summed E-state index contributed by atoms with van der Waals surface area (Å²) >= 11 is 0. The van der Waals surface area contributed by atoms with Crippen molar-refractivity contribution in [1.29, 1.82) is 0 Å². The molecule has 1 N–H and O–H groups in total. The predicted molar refractivity (Wildman–Crippen MR) is 86.4 cm³/mol. The van der Waals surface area contributed by atoms with Crippen molar-refractivity contribution in [2.45, 2.75) is 6.92 Å². The number of benzene rings is 2. The van der Waals surface area contributed by atoms with Gasteiger partial charge in [-0.05, 0) is 30.7 Å². The SMILES string of the molecule is Cc1ccc(/C=C/C(=O)Oc2ccc3c(c2)OCC(=O)N3)cc1. The number of ether oxygens (including phenoxy) is 2. The second kappa shape index (κ2) is 6.36. The maximum atomic E-state index is 11.9. The van der Waals surface area contributed by atoms with Crippen LogP contribution < -0.4 is 14.8 Å². The van der Waals surface area contributed by atoms with Gasteiger partial charge in [-0.25, -0.2) is 4.79 Å². The summed E-state index contributed by atoms with van der Waals surface area (Å²) in [4.78, 5) is 23.1. The Morgan fingerprint density at radius 2 is 2.00 bits per heavy atom. The number of carbonyl (C=O) groups is 2. The fourth-order valence-corrected chi connectivity index (χ4v) is 2.11. The number of hydrogen-bond acceptors (Lipinski definition) is 4. The molecule has 1 aliphatic rings. The number of rotatable bonds is 3. The second-order valence-corrected chi connectivity index (χ2v) is 5.16. The smallest absolute Gasteiger partial charge is 0.336 e. The molecule has 0 aliphatic carbocycles. The van der Waals surface area contributed by atoms with E-state index in [1.807, 2.05) is 31.2 Å². The van der Waals surface area contributed by atoms with Gasteiger partial charge in [0.1, 0.15) is 11.5 Å². The van der Waals surface area contributed by atoms with Gasteiger partial charge in [0.05, 0.1) is 5.69 Å². The van der Waals surface area contributed by atoms with E-state index in [0.29, 0.717) is 17.2 Å². The van der Waals surface area contributed by atoms with Gasteiger partial charge in [-0.1, -0.05) is 29.8 Å². The number of aryl methyl sites for hydroxylation is 1. The van der Waals surface area contributed by atoms with Gasteiger partial charge < -0.3 is 14.8 Å². The molecule has 2 aromatic rings. The highest BCUT2D eigenvalue weighted by atomic mass is 16.5. The summed E-state index contributed by atoms with van der Waals surface area (Å²) in [5, 5.41) is 2.67. The Hall–Kier alpha value is -3.08. The summed E-state index contributed by atoms with van der Waals surface area (Å²) in [6.07, 6.45) is 3.06. The van der Waals surface area contributed by atoms with Gasteiger partial charge in [0.2, 0.25) is 0 Å². The molecule has 0 atom stereocenters. The van der Waals surface area contributed by atoms with Crippen LogP contribution in [0, 0.1) is 6.92 Å². The molecular formula is C18H15NO4. The molecular weight excluding hydrogens is 294 g/mol. The highest BCUT2D eigenvalue weighted by Crippen LogP contribution is 2.31. The van der Waals surface area contributed by atoms with Crippen LogP contribution in [0.25, 0.3) is 6.08 Å². The molecule has 1 aliphatic heterocycles. The van der Waals surface area contributed by atoms with Crippen molar-refractivity contribution in [3.8, 4) is 11.5 Å². The lowest BCUT2D eigenvalue weighted by atomic mass is 10.1. The van der Waals surface area contributed by atoms with Crippen LogP contribution in [0.5, 0.6) is 11.5 Å². The van der Waals surface area contributed by atoms with Crippen molar-refractivity contribution in [3.05, 3.63) is 59.7 Å². The lowest BCUT2D eigenvalue weighted by Gasteiger charge is -2.18. The van der Waals surface area contributed by atoms with Crippen LogP contribution in [0.15, 0.2) is 48.5 Å². The van der Waals surface area contributed by atoms with Gasteiger partial charge in [0, 0.05) is 12.1 Å². The molecule has 3 rings (SSSR count). The summed E-state index contributed by atoms with van der Waals surface area (Å²) < 4.78 is 10.5. The molecule has 23 heavy (non-hydrogen) atoms. The van der Waals surface area contributed by atoms with Crippen LogP contribution in [0.3, 0.4) is 0 Å². The fraction of sp³-hybridized carbons (Fsp3) is 0.111. The average Bonchev–Trinajstić information content (AvgIpc) is 2.54. The number of amides is 1. The van der Waals surface area contributed by atoms with E-state index >= 15 is 0 Å². The molecule has 0 spiro atoms. The van der Waals surface area contributed by atoms with Crippen LogP contribution >= 0.6 is 0 Å². The molecule has 0 saturated carbocycles.